The minimum absolute atomic E-state index is 0.412. The molecule has 0 radical (unpaired) electrons. The van der Waals surface area contributed by atoms with Crippen molar-refractivity contribution in [3.63, 3.8) is 0 Å². The fourth-order valence-electron chi connectivity index (χ4n) is 2.95. The highest BCUT2D eigenvalue weighted by molar-refractivity contribution is 7.13. The normalized spacial score (nSPS) is 13.9. The van der Waals surface area contributed by atoms with Crippen LogP contribution >= 0.6 is 11.3 Å². The molecule has 1 N–H and O–H groups in total. The van der Waals surface area contributed by atoms with Gasteiger partial charge in [-0.05, 0) is 34.7 Å². The maximum Gasteiger partial charge on any atom is 0.323 e. The lowest BCUT2D eigenvalue weighted by Crippen LogP contribution is -2.48. The zero-order chi connectivity index (χ0) is 21.4. The zero-order valence-corrected chi connectivity index (χ0v) is 15.8. The molecule has 4 aromatic rings. The van der Waals surface area contributed by atoms with E-state index in [2.05, 4.69) is 25.5 Å². The van der Waals surface area contributed by atoms with Gasteiger partial charge in [-0.25, -0.2) is 18.4 Å². The third-order valence-electron chi connectivity index (χ3n) is 4.44. The number of rotatable bonds is 6. The minimum atomic E-state index is -4.10. The van der Waals surface area contributed by atoms with E-state index in [-0.39, 0.29) is 0 Å². The summed E-state index contributed by atoms with van der Waals surface area (Å²) < 4.78 is 59.8. The van der Waals surface area contributed by atoms with Gasteiger partial charge < -0.3 is 5.11 Å². The van der Waals surface area contributed by atoms with E-state index in [9.17, 15) is 13.9 Å². The van der Waals surface area contributed by atoms with Crippen LogP contribution in [0.3, 0.4) is 0 Å². The van der Waals surface area contributed by atoms with Crippen LogP contribution in [0.5, 0.6) is 0 Å². The van der Waals surface area contributed by atoms with Crippen LogP contribution in [0.1, 0.15) is 11.3 Å². The molecule has 0 aliphatic carbocycles. The maximum absolute atomic E-state index is 15.6. The maximum atomic E-state index is 15.6. The first kappa shape index (κ1) is 20.0. The van der Waals surface area contributed by atoms with E-state index in [1.165, 1.54) is 23.6 Å². The first-order valence-corrected chi connectivity index (χ1v) is 9.32. The van der Waals surface area contributed by atoms with Gasteiger partial charge in [-0.1, -0.05) is 0 Å². The van der Waals surface area contributed by atoms with E-state index in [4.69, 9.17) is 0 Å². The average molecular weight is 436 g/mol. The Morgan fingerprint density at radius 1 is 1.10 bits per heavy atom. The first-order valence-electron chi connectivity index (χ1n) is 8.44. The lowest BCUT2D eigenvalue weighted by atomic mass is 9.84. The summed E-state index contributed by atoms with van der Waals surface area (Å²) in [5.41, 5.74) is -4.31. The van der Waals surface area contributed by atoms with Crippen molar-refractivity contribution < 1.29 is 22.7 Å². The zero-order valence-electron chi connectivity index (χ0n) is 15.0. The van der Waals surface area contributed by atoms with Crippen molar-refractivity contribution >= 4 is 11.3 Å². The van der Waals surface area contributed by atoms with Crippen LogP contribution < -0.4 is 0 Å². The van der Waals surface area contributed by atoms with E-state index in [0.717, 1.165) is 29.2 Å². The predicted octanol–water partition coefficient (Wildman–Crippen LogP) is 3.15. The molecule has 30 heavy (non-hydrogen) atoms. The lowest BCUT2D eigenvalue weighted by Gasteiger charge is -2.35. The minimum Gasteiger partial charge on any atom is -0.377 e. The molecule has 1 aromatic carbocycles. The molecule has 7 nitrogen and oxygen atoms in total. The lowest BCUT2D eigenvalue weighted by molar-refractivity contribution is -0.207. The van der Waals surface area contributed by atoms with Crippen LogP contribution in [0.2, 0.25) is 0 Å². The second-order valence-corrected chi connectivity index (χ2v) is 7.23. The summed E-state index contributed by atoms with van der Waals surface area (Å²) in [6, 6.07) is 4.33. The molecule has 0 spiro atoms. The van der Waals surface area contributed by atoms with Crippen LogP contribution in [0.4, 0.5) is 17.6 Å². The van der Waals surface area contributed by atoms with Crippen molar-refractivity contribution in [3.05, 3.63) is 77.3 Å². The molecule has 0 bridgehead atoms. The Hall–Kier alpha value is -3.25. The van der Waals surface area contributed by atoms with Gasteiger partial charge in [-0.15, -0.1) is 16.4 Å². The molecule has 1 atom stereocenters. The van der Waals surface area contributed by atoms with Gasteiger partial charge in [0.2, 0.25) is 0 Å². The van der Waals surface area contributed by atoms with Crippen molar-refractivity contribution in [2.24, 2.45) is 0 Å². The fourth-order valence-corrected chi connectivity index (χ4v) is 3.58. The molecular formula is C18H12F4N6OS. The third kappa shape index (κ3) is 3.44. The summed E-state index contributed by atoms with van der Waals surface area (Å²) >= 11 is 1.30. The number of hydrogen-bond donors (Lipinski definition) is 1. The Labute approximate surface area is 170 Å². The Bertz CT molecular complexity index is 1140. The van der Waals surface area contributed by atoms with Crippen LogP contribution in [0, 0.1) is 11.6 Å². The van der Waals surface area contributed by atoms with Crippen LogP contribution in [-0.2, 0) is 18.1 Å². The molecule has 3 aromatic heterocycles. The number of aromatic nitrogens is 6. The van der Waals surface area contributed by atoms with E-state index in [0.29, 0.717) is 16.6 Å². The number of nitrogens with zero attached hydrogens (tertiary/aromatic N) is 6. The van der Waals surface area contributed by atoms with Crippen molar-refractivity contribution in [2.75, 3.05) is 0 Å². The summed E-state index contributed by atoms with van der Waals surface area (Å²) in [5.74, 6) is -6.42. The quantitative estimate of drug-likeness (QED) is 0.467. The van der Waals surface area contributed by atoms with Gasteiger partial charge in [0, 0.05) is 35.0 Å². The highest BCUT2D eigenvalue weighted by atomic mass is 32.1. The molecule has 1 unspecified atom stereocenters. The summed E-state index contributed by atoms with van der Waals surface area (Å²) in [6.45, 7) is -0.911. The molecule has 0 saturated carbocycles. The average Bonchev–Trinajstić information content (AvgIpc) is 3.42. The number of benzene rings is 1. The monoisotopic (exact) mass is 436 g/mol. The van der Waals surface area contributed by atoms with Crippen LogP contribution in [-0.4, -0.2) is 35.3 Å². The smallest absolute Gasteiger partial charge is 0.323 e. The van der Waals surface area contributed by atoms with Crippen molar-refractivity contribution in [2.45, 2.75) is 18.1 Å². The number of aliphatic hydroxyl groups is 1. The largest absolute Gasteiger partial charge is 0.377 e. The van der Waals surface area contributed by atoms with E-state index < -0.39 is 41.0 Å². The summed E-state index contributed by atoms with van der Waals surface area (Å²) in [7, 11) is 0. The SMILES string of the molecule is OC(Cn1cnnn1)(c1ccc(F)cc1F)C(F)(F)c1ccc(-c2nccs2)cn1. The predicted molar refractivity (Wildman–Crippen MR) is 97.3 cm³/mol. The van der Waals surface area contributed by atoms with E-state index >= 15 is 8.78 Å². The molecule has 0 saturated heterocycles. The first-order chi connectivity index (χ1) is 14.3. The van der Waals surface area contributed by atoms with Crippen LogP contribution in [0.15, 0.2) is 54.4 Å². The number of hydrogen-bond acceptors (Lipinski definition) is 7. The standard InChI is InChI=1S/C18H12F4N6OS/c19-12-2-3-13(14(20)7-12)17(29,9-28-10-25-26-27-28)18(21,22)15-4-1-11(8-24-15)16-23-5-6-30-16/h1-8,10,29H,9H2. The molecule has 0 amide bonds. The molecule has 12 heteroatoms. The topological polar surface area (TPSA) is 89.6 Å². The molecular weight excluding hydrogens is 424 g/mol. The van der Waals surface area contributed by atoms with Gasteiger partial charge in [0.1, 0.15) is 28.7 Å². The highest BCUT2D eigenvalue weighted by Crippen LogP contribution is 2.46. The van der Waals surface area contributed by atoms with Gasteiger partial charge >= 0.3 is 5.92 Å². The molecule has 3 heterocycles. The Balaban J connectivity index is 1.80. The summed E-state index contributed by atoms with van der Waals surface area (Å²) in [5, 5.41) is 23.5. The second-order valence-electron chi connectivity index (χ2n) is 6.34. The van der Waals surface area contributed by atoms with E-state index in [1.54, 1.807) is 11.6 Å². The number of pyridine rings is 1. The van der Waals surface area contributed by atoms with Gasteiger partial charge in [0.15, 0.2) is 5.60 Å². The summed E-state index contributed by atoms with van der Waals surface area (Å²) in [6.07, 6.45) is 3.73. The highest BCUT2D eigenvalue weighted by Gasteiger charge is 2.58. The number of alkyl halides is 2. The van der Waals surface area contributed by atoms with Crippen molar-refractivity contribution in [1.29, 1.82) is 0 Å². The number of tetrazole rings is 1. The van der Waals surface area contributed by atoms with Gasteiger partial charge in [0.05, 0.1) is 6.54 Å². The van der Waals surface area contributed by atoms with Gasteiger partial charge in [0.25, 0.3) is 0 Å². The molecule has 0 aliphatic heterocycles. The summed E-state index contributed by atoms with van der Waals surface area (Å²) in [4.78, 5) is 7.85. The molecule has 4 rings (SSSR count). The van der Waals surface area contributed by atoms with Crippen LogP contribution in [0.25, 0.3) is 10.6 Å². The Kier molecular flexibility index (Phi) is 5.03. The molecule has 154 valence electrons. The Morgan fingerprint density at radius 2 is 1.93 bits per heavy atom. The molecule has 0 aliphatic rings. The third-order valence-corrected chi connectivity index (χ3v) is 5.27. The second kappa shape index (κ2) is 7.54. The van der Waals surface area contributed by atoms with Gasteiger partial charge in [-0.3, -0.25) is 4.98 Å². The number of halogens is 4. The van der Waals surface area contributed by atoms with Gasteiger partial charge in [-0.2, -0.15) is 8.78 Å². The van der Waals surface area contributed by atoms with E-state index in [1.807, 2.05) is 0 Å². The fraction of sp³-hybridized carbons (Fsp3) is 0.167. The number of thiazole rings is 1. The molecule has 0 fully saturated rings. The van der Waals surface area contributed by atoms with Crippen molar-refractivity contribution in [3.8, 4) is 10.6 Å². The Morgan fingerprint density at radius 3 is 2.53 bits per heavy atom. The van der Waals surface area contributed by atoms with Crippen molar-refractivity contribution in [1.82, 2.24) is 30.2 Å².